The topological polar surface area (TPSA) is 342 Å². The van der Waals surface area contributed by atoms with Crippen LogP contribution in [0.3, 0.4) is 0 Å². The average Bonchev–Trinajstić information content (AvgIpc) is 1.70. The fourth-order valence-electron chi connectivity index (χ4n) is 13.8. The fourth-order valence-corrected chi connectivity index (χ4v) is 14.0. The molecule has 119 heavy (non-hydrogen) atoms. The lowest BCUT2D eigenvalue weighted by molar-refractivity contribution is 0.0682. The number of carboxylic acids is 3. The normalized spacial score (nSPS) is 12.0. The van der Waals surface area contributed by atoms with Crippen LogP contribution in [-0.4, -0.2) is 121 Å². The van der Waals surface area contributed by atoms with E-state index in [2.05, 4.69) is 40.9 Å². The van der Waals surface area contributed by atoms with Gasteiger partial charge < -0.3 is 64.5 Å². The quantitative estimate of drug-likeness (QED) is 0.0395. The van der Waals surface area contributed by atoms with Crippen LogP contribution in [0.25, 0.3) is 56.2 Å². The minimum Gasteiger partial charge on any atom is -0.507 e. The number of nitrogens with one attached hydrogen (secondary N) is 3. The van der Waals surface area contributed by atoms with Crippen LogP contribution in [0.5, 0.6) is 34.5 Å². The third kappa shape index (κ3) is 16.3. The Labute approximate surface area is 681 Å². The molecule has 25 nitrogen and oxygen atoms in total. The van der Waals surface area contributed by atoms with Crippen molar-refractivity contribution in [2.45, 2.75) is 19.6 Å². The van der Waals surface area contributed by atoms with Gasteiger partial charge in [-0.05, 0) is 120 Å². The van der Waals surface area contributed by atoms with E-state index >= 15 is 8.78 Å². The molecule has 7 N–H and O–H groups in total. The average molecular weight is 1620 g/mol. The molecular formula is C90H66ClF3N12O13. The number of rotatable bonds is 19. The molecular weight excluding hydrogens is 1550 g/mol. The Morgan fingerprint density at radius 1 is 0.387 bits per heavy atom. The number of fused-ring (bicyclic) bond motifs is 9. The second-order valence-corrected chi connectivity index (χ2v) is 27.0. The van der Waals surface area contributed by atoms with E-state index in [1.54, 1.807) is 104 Å². The number of nitrogens with zero attached hydrogens (tertiary/aromatic N) is 9. The van der Waals surface area contributed by atoms with Gasteiger partial charge >= 0.3 is 17.9 Å². The Balaban J connectivity index is 0.000000140. The minimum absolute atomic E-state index is 0.0225. The number of methoxy groups -OCH3 is 5. The number of ether oxygens (including phenoxy) is 5. The third-order valence-corrected chi connectivity index (χ3v) is 19.7. The largest absolute Gasteiger partial charge is 0.507 e. The van der Waals surface area contributed by atoms with Gasteiger partial charge in [-0.25, -0.2) is 57.5 Å². The Morgan fingerprint density at radius 2 is 0.773 bits per heavy atom. The van der Waals surface area contributed by atoms with Gasteiger partial charge in [-0.1, -0.05) is 90.5 Å². The van der Waals surface area contributed by atoms with Crippen molar-refractivity contribution in [2.24, 2.45) is 15.0 Å². The summed E-state index contributed by atoms with van der Waals surface area (Å²) in [4.78, 5) is 76.3. The Hall–Kier alpha value is -15.6. The lowest BCUT2D eigenvalue weighted by atomic mass is 9.91. The molecule has 7 heterocycles. The summed E-state index contributed by atoms with van der Waals surface area (Å²) < 4.78 is 77.9. The molecule has 17 rings (SSSR count). The monoisotopic (exact) mass is 1610 g/mol. The standard InChI is InChI=1S/C33H25FN4O4.C31H23FN4O5.C26H18ClFN4O4/c1-41-27-10-6-9-26(34)29(27)31-25-15-20(19-7-4-3-5-8-19)11-13-23(25)30-21(17-35-31)18-36-33(38-30)37-22-12-14-24(32(39)40)28(16-22)42-2;1-39-25-6-3-5-23(32)27(25)29-22-13-17(24-7-4-12-41-24)8-10-20(22)28-18(15-33-29)16-34-31(36-28)35-19-9-11-21(30(37)38)26(14-19)40-2;1-36-21-10-15(6-8-17(21)25(34)35)31-26-30-12-13-11-29-24(22-19(28)3-2-4-20(22)33)18-9-14(27)5-7-16(18)23(13)32-26/h3-16,18H,17H2,1-2H3,(H,39,40)(H,36,37,38);3-14,16H,15H2,1-2H3,(H,37,38)(H,34,35,36);2-10,12,33H,11H2,1H3,(H,34,35)(H,30,31,32). The Morgan fingerprint density at radius 3 is 1.18 bits per heavy atom. The summed E-state index contributed by atoms with van der Waals surface area (Å²) in [6.45, 7) is 0.569. The van der Waals surface area contributed by atoms with Gasteiger partial charge in [0.1, 0.15) is 74.4 Å². The van der Waals surface area contributed by atoms with Crippen LogP contribution in [0, 0.1) is 17.5 Å². The summed E-state index contributed by atoms with van der Waals surface area (Å²) in [5, 5.41) is 48.3. The zero-order chi connectivity index (χ0) is 83.1. The van der Waals surface area contributed by atoms with Crippen LogP contribution in [0.4, 0.5) is 48.1 Å². The number of aromatic carboxylic acids is 3. The van der Waals surface area contributed by atoms with E-state index in [9.17, 15) is 39.2 Å². The van der Waals surface area contributed by atoms with Gasteiger partial charge in [-0.2, -0.15) is 0 Å². The molecule has 14 aromatic rings. The number of aromatic hydroxyl groups is 1. The predicted octanol–water partition coefficient (Wildman–Crippen LogP) is 18.6. The van der Waals surface area contributed by atoms with Gasteiger partial charge in [0.15, 0.2) is 0 Å². The number of phenolic OH excluding ortho intramolecular Hbond substituents is 1. The molecule has 592 valence electrons. The van der Waals surface area contributed by atoms with Crippen LogP contribution >= 0.6 is 11.6 Å². The van der Waals surface area contributed by atoms with E-state index in [0.29, 0.717) is 102 Å². The number of benzene rings is 10. The summed E-state index contributed by atoms with van der Waals surface area (Å²) in [7, 11) is 7.20. The molecule has 3 aliphatic rings. The van der Waals surface area contributed by atoms with E-state index < -0.39 is 35.4 Å². The summed E-state index contributed by atoms with van der Waals surface area (Å²) in [6.07, 6.45) is 6.56. The van der Waals surface area contributed by atoms with Gasteiger partial charge in [0.2, 0.25) is 17.8 Å². The number of hydrogen-bond acceptors (Lipinski definition) is 22. The molecule has 0 bridgehead atoms. The number of anilines is 6. The fraction of sp³-hybridized carbons (Fsp3) is 0.0889. The van der Waals surface area contributed by atoms with Crippen LogP contribution in [-0.2, 0) is 19.6 Å². The number of hydrogen-bond donors (Lipinski definition) is 7. The predicted molar refractivity (Wildman–Crippen MR) is 442 cm³/mol. The summed E-state index contributed by atoms with van der Waals surface area (Å²) in [6, 6.07) is 57.6. The smallest absolute Gasteiger partial charge is 0.339 e. The lowest BCUT2D eigenvalue weighted by Crippen LogP contribution is -2.10. The molecule has 29 heteroatoms. The molecule has 0 saturated heterocycles. The highest BCUT2D eigenvalue weighted by molar-refractivity contribution is 6.32. The van der Waals surface area contributed by atoms with Gasteiger partial charge in [0.25, 0.3) is 0 Å². The highest BCUT2D eigenvalue weighted by Gasteiger charge is 2.31. The number of aliphatic imine (C=N–C) groups is 3. The Kier molecular flexibility index (Phi) is 22.6. The zero-order valence-electron chi connectivity index (χ0n) is 63.6. The number of furan rings is 1. The summed E-state index contributed by atoms with van der Waals surface area (Å²) in [5.74, 6) is -2.24. The summed E-state index contributed by atoms with van der Waals surface area (Å²) in [5.41, 5.74) is 14.1. The number of aromatic nitrogens is 6. The molecule has 10 aromatic carbocycles. The molecule has 0 atom stereocenters. The first kappa shape index (κ1) is 78.7. The number of phenols is 1. The molecule has 0 radical (unpaired) electrons. The Bertz CT molecular complexity index is 6430. The first-order chi connectivity index (χ1) is 57.8. The third-order valence-electron chi connectivity index (χ3n) is 19.4. The van der Waals surface area contributed by atoms with Crippen molar-refractivity contribution in [3.63, 3.8) is 0 Å². The SMILES string of the molecule is COc1cc(Nc2ncc3c(n2)-c2ccc(-c4ccccc4)cc2C(c2c(F)cccc2OC)=NC3)ccc1C(=O)O.COc1cc(Nc2ncc3c(n2)-c2ccc(-c4ccco4)cc2C(c2c(F)cccc2OC)=NC3)ccc1C(=O)O.COc1cc(Nc2ncc3c(n2)-c2ccc(Cl)cc2C(c2c(O)cccc2F)=NC3)ccc1C(=O)O. The van der Waals surface area contributed by atoms with Crippen molar-refractivity contribution in [1.82, 2.24) is 29.9 Å². The van der Waals surface area contributed by atoms with Crippen molar-refractivity contribution in [3.8, 4) is 90.7 Å². The number of carboxylic acid groups (broad SMARTS) is 3. The van der Waals surface area contributed by atoms with E-state index in [1.807, 2.05) is 72.8 Å². The van der Waals surface area contributed by atoms with E-state index in [4.69, 9.17) is 59.7 Å². The highest BCUT2D eigenvalue weighted by Crippen LogP contribution is 2.43. The van der Waals surface area contributed by atoms with E-state index in [1.165, 1.54) is 90.1 Å². The van der Waals surface area contributed by atoms with Crippen LogP contribution in [0.1, 0.15) is 81.1 Å². The second kappa shape index (κ2) is 34.2. The van der Waals surface area contributed by atoms with Gasteiger partial charge in [0, 0.05) is 115 Å². The van der Waals surface area contributed by atoms with Gasteiger partial charge in [-0.3, -0.25) is 15.0 Å². The van der Waals surface area contributed by atoms with Gasteiger partial charge in [0.05, 0.1) is 112 Å². The first-order valence-electron chi connectivity index (χ1n) is 36.4. The van der Waals surface area contributed by atoms with Crippen molar-refractivity contribution in [3.05, 3.63) is 320 Å². The zero-order valence-corrected chi connectivity index (χ0v) is 64.3. The molecule has 0 spiro atoms. The number of halogens is 4. The maximum atomic E-state index is 15.4. The van der Waals surface area contributed by atoms with E-state index in [0.717, 1.165) is 38.9 Å². The molecule has 4 aromatic heterocycles. The molecule has 0 saturated carbocycles. The van der Waals surface area contributed by atoms with Crippen molar-refractivity contribution in [1.29, 1.82) is 0 Å². The highest BCUT2D eigenvalue weighted by atomic mass is 35.5. The second-order valence-electron chi connectivity index (χ2n) is 26.6. The van der Waals surface area contributed by atoms with Gasteiger partial charge in [-0.15, -0.1) is 0 Å². The maximum absolute atomic E-state index is 15.4. The van der Waals surface area contributed by atoms with Crippen LogP contribution in [0.2, 0.25) is 5.02 Å². The van der Waals surface area contributed by atoms with E-state index in [-0.39, 0.29) is 93.6 Å². The lowest BCUT2D eigenvalue weighted by Gasteiger charge is -2.16. The number of carbonyl (C=O) groups is 3. The van der Waals surface area contributed by atoms with Crippen LogP contribution in [0.15, 0.2) is 251 Å². The maximum Gasteiger partial charge on any atom is 0.339 e. The molecule has 0 unspecified atom stereocenters. The molecule has 0 amide bonds. The molecule has 3 aliphatic heterocycles. The molecule has 0 fully saturated rings. The minimum atomic E-state index is -1.10. The van der Waals surface area contributed by atoms with Crippen molar-refractivity contribution in [2.75, 3.05) is 51.5 Å². The first-order valence-corrected chi connectivity index (χ1v) is 36.8. The van der Waals surface area contributed by atoms with Crippen LogP contribution < -0.4 is 39.6 Å². The van der Waals surface area contributed by atoms with Crippen molar-refractivity contribution >= 4 is 81.6 Å². The van der Waals surface area contributed by atoms with Crippen molar-refractivity contribution < 1.29 is 76.1 Å². The summed E-state index contributed by atoms with van der Waals surface area (Å²) >= 11 is 6.28. The molecule has 0 aliphatic carbocycles.